The van der Waals surface area contributed by atoms with Gasteiger partial charge in [0.2, 0.25) is 5.75 Å². The first-order chi connectivity index (χ1) is 5.57. The summed E-state index contributed by atoms with van der Waals surface area (Å²) in [5.41, 5.74) is -1.06. The van der Waals surface area contributed by atoms with Crippen LogP contribution in [-0.2, 0) is 0 Å². The van der Waals surface area contributed by atoms with Crippen molar-refractivity contribution in [2.45, 2.75) is 0 Å². The van der Waals surface area contributed by atoms with Crippen molar-refractivity contribution in [3.8, 4) is 5.75 Å². The molecular formula is C5H4Br2N2O3. The fourth-order valence-corrected chi connectivity index (χ4v) is 1.52. The van der Waals surface area contributed by atoms with Crippen molar-refractivity contribution in [1.29, 1.82) is 0 Å². The Hall–Kier alpha value is -0.560. The summed E-state index contributed by atoms with van der Waals surface area (Å²) in [6.07, 6.45) is 1.25. The molecule has 1 heterocycles. The maximum Gasteiger partial charge on any atom is 0.351 e. The van der Waals surface area contributed by atoms with E-state index in [1.54, 1.807) is 0 Å². The smallest absolute Gasteiger partial charge is 0.351 e. The topological polar surface area (TPSA) is 53.2 Å². The zero-order valence-electron chi connectivity index (χ0n) is 5.95. The molecule has 0 saturated carbocycles. The zero-order valence-corrected chi connectivity index (χ0v) is 9.12. The minimum Gasteiger partial charge on any atom is -0.490 e. The number of nitrogens with zero attached hydrogens (tertiary/aromatic N) is 2. The predicted molar refractivity (Wildman–Crippen MR) is 50.2 cm³/mol. The number of halogens is 2. The molecule has 0 radical (unpaired) electrons. The molecule has 0 unspecified atom stereocenters. The molecular weight excluding hydrogens is 296 g/mol. The fraction of sp³-hybridized carbons (Fsp3) is 0.200. The zero-order chi connectivity index (χ0) is 9.30. The van der Waals surface area contributed by atoms with E-state index in [4.69, 9.17) is 4.74 Å². The minimum absolute atomic E-state index is 0.0725. The van der Waals surface area contributed by atoms with E-state index >= 15 is 0 Å². The van der Waals surface area contributed by atoms with Crippen molar-refractivity contribution in [2.24, 2.45) is 0 Å². The van der Waals surface area contributed by atoms with Crippen LogP contribution in [0.15, 0.2) is 15.8 Å². The van der Waals surface area contributed by atoms with Gasteiger partial charge in [0.25, 0.3) is 0 Å². The van der Waals surface area contributed by atoms with Gasteiger partial charge in [-0.15, -0.1) is 0 Å². The van der Waals surface area contributed by atoms with Crippen LogP contribution < -0.4 is 16.0 Å². The van der Waals surface area contributed by atoms with Crippen LogP contribution in [0.1, 0.15) is 0 Å². The number of hydrogen-bond acceptors (Lipinski definition) is 3. The molecule has 0 amide bonds. The molecule has 66 valence electrons. The standard InChI is InChI=1S/C5H4Br2N2O3/c1-12-3-2-8(6)5(11)9(7)4(3)10/h2H,1H3. The van der Waals surface area contributed by atoms with Crippen molar-refractivity contribution in [3.05, 3.63) is 27.0 Å². The van der Waals surface area contributed by atoms with E-state index in [0.29, 0.717) is 0 Å². The molecule has 1 rings (SSSR count). The average molecular weight is 300 g/mol. The highest BCUT2D eigenvalue weighted by Gasteiger charge is 2.07. The number of aromatic nitrogens is 2. The number of rotatable bonds is 1. The maximum atomic E-state index is 11.1. The van der Waals surface area contributed by atoms with Gasteiger partial charge in [-0.1, -0.05) is 0 Å². The van der Waals surface area contributed by atoms with Gasteiger partial charge in [0.05, 0.1) is 45.6 Å². The molecule has 12 heavy (non-hydrogen) atoms. The van der Waals surface area contributed by atoms with Crippen LogP contribution in [0.2, 0.25) is 0 Å². The first-order valence-corrected chi connectivity index (χ1v) is 4.24. The van der Waals surface area contributed by atoms with Crippen molar-refractivity contribution in [3.63, 3.8) is 0 Å². The monoisotopic (exact) mass is 298 g/mol. The lowest BCUT2D eigenvalue weighted by Crippen LogP contribution is -2.31. The number of ether oxygens (including phenoxy) is 1. The van der Waals surface area contributed by atoms with Crippen molar-refractivity contribution in [2.75, 3.05) is 7.11 Å². The molecule has 7 heteroatoms. The quantitative estimate of drug-likeness (QED) is 0.751. The van der Waals surface area contributed by atoms with Crippen LogP contribution in [0.3, 0.4) is 0 Å². The highest BCUT2D eigenvalue weighted by atomic mass is 79.9. The molecule has 0 N–H and O–H groups in total. The van der Waals surface area contributed by atoms with Crippen LogP contribution in [0, 0.1) is 0 Å². The highest BCUT2D eigenvalue weighted by Crippen LogP contribution is 2.01. The van der Waals surface area contributed by atoms with Crippen LogP contribution >= 0.6 is 32.3 Å². The Bertz CT molecular complexity index is 408. The van der Waals surface area contributed by atoms with Crippen LogP contribution in [0.5, 0.6) is 5.75 Å². The van der Waals surface area contributed by atoms with E-state index < -0.39 is 11.2 Å². The first-order valence-electron chi connectivity index (χ1n) is 2.83. The third-order valence-corrected chi connectivity index (χ3v) is 2.32. The number of methoxy groups -OCH3 is 1. The van der Waals surface area contributed by atoms with Crippen molar-refractivity contribution >= 4 is 32.3 Å². The van der Waals surface area contributed by atoms with E-state index in [9.17, 15) is 9.59 Å². The lowest BCUT2D eigenvalue weighted by atomic mass is 10.6. The van der Waals surface area contributed by atoms with E-state index in [2.05, 4.69) is 32.3 Å². The summed E-state index contributed by atoms with van der Waals surface area (Å²) in [6.45, 7) is 0. The summed E-state index contributed by atoms with van der Waals surface area (Å²) in [4.78, 5) is 22.2. The molecule has 0 atom stereocenters. The van der Waals surface area contributed by atoms with E-state index in [1.165, 1.54) is 13.3 Å². The first kappa shape index (κ1) is 9.53. The molecule has 0 fully saturated rings. The number of hydrogen-bond donors (Lipinski definition) is 0. The van der Waals surface area contributed by atoms with Gasteiger partial charge in [0.1, 0.15) is 0 Å². The Morgan fingerprint density at radius 1 is 1.42 bits per heavy atom. The molecule has 0 aliphatic heterocycles. The third-order valence-electron chi connectivity index (χ3n) is 1.19. The summed E-state index contributed by atoms with van der Waals surface area (Å²) in [5, 5.41) is 0. The molecule has 5 nitrogen and oxygen atoms in total. The normalized spacial score (nSPS) is 9.92. The Labute approximate surface area is 84.2 Å². The second kappa shape index (κ2) is 3.44. The second-order valence-electron chi connectivity index (χ2n) is 1.88. The Balaban J connectivity index is 3.61. The summed E-state index contributed by atoms with van der Waals surface area (Å²) in [6, 6.07) is 0. The van der Waals surface area contributed by atoms with E-state index in [-0.39, 0.29) is 5.75 Å². The van der Waals surface area contributed by atoms with Crippen LogP contribution in [0.4, 0.5) is 0 Å². The molecule has 0 spiro atoms. The highest BCUT2D eigenvalue weighted by molar-refractivity contribution is 9.08. The predicted octanol–water partition coefficient (Wildman–Crippen LogP) is 0.335. The summed E-state index contributed by atoms with van der Waals surface area (Å²) in [5.74, 6) is 0.0725. The Morgan fingerprint density at radius 2 is 2.00 bits per heavy atom. The summed E-state index contributed by atoms with van der Waals surface area (Å²) >= 11 is 5.69. The van der Waals surface area contributed by atoms with Crippen molar-refractivity contribution < 1.29 is 4.74 Å². The molecule has 0 aliphatic rings. The molecule has 1 aromatic heterocycles. The minimum atomic E-state index is -0.529. The van der Waals surface area contributed by atoms with Gasteiger partial charge in [0.15, 0.2) is 0 Å². The van der Waals surface area contributed by atoms with Gasteiger partial charge >= 0.3 is 11.2 Å². The maximum absolute atomic E-state index is 11.1. The Kier molecular flexibility index (Phi) is 2.73. The second-order valence-corrected chi connectivity index (χ2v) is 3.35. The lowest BCUT2D eigenvalue weighted by Gasteiger charge is -2.01. The molecule has 0 aliphatic carbocycles. The molecule has 0 saturated heterocycles. The van der Waals surface area contributed by atoms with Crippen molar-refractivity contribution in [1.82, 2.24) is 7.19 Å². The van der Waals surface area contributed by atoms with Crippen LogP contribution in [-0.4, -0.2) is 14.3 Å². The van der Waals surface area contributed by atoms with E-state index in [1.807, 2.05) is 0 Å². The summed E-state index contributed by atoms with van der Waals surface area (Å²) in [7, 11) is 1.35. The molecule has 1 aromatic rings. The summed E-state index contributed by atoms with van der Waals surface area (Å²) < 4.78 is 6.53. The fourth-order valence-electron chi connectivity index (χ4n) is 0.621. The largest absolute Gasteiger partial charge is 0.490 e. The van der Waals surface area contributed by atoms with Crippen LogP contribution in [0.25, 0.3) is 0 Å². The third kappa shape index (κ3) is 1.46. The molecule has 0 aromatic carbocycles. The van der Waals surface area contributed by atoms with Gasteiger partial charge in [-0.25, -0.2) is 8.39 Å². The Morgan fingerprint density at radius 3 is 2.50 bits per heavy atom. The average Bonchev–Trinajstić information content (AvgIpc) is 2.08. The molecule has 0 bridgehead atoms. The van der Waals surface area contributed by atoms with Gasteiger partial charge in [0, 0.05) is 0 Å². The van der Waals surface area contributed by atoms with E-state index in [0.717, 1.165) is 7.19 Å². The van der Waals surface area contributed by atoms with Gasteiger partial charge in [-0.3, -0.25) is 4.79 Å². The van der Waals surface area contributed by atoms with Gasteiger partial charge < -0.3 is 4.74 Å². The lowest BCUT2D eigenvalue weighted by molar-refractivity contribution is 0.404. The van der Waals surface area contributed by atoms with Gasteiger partial charge in [-0.05, 0) is 0 Å². The SMILES string of the molecule is COc1cn(Br)c(=O)n(Br)c1=O. The van der Waals surface area contributed by atoms with Gasteiger partial charge in [-0.2, -0.15) is 3.59 Å².